The van der Waals surface area contributed by atoms with Crippen molar-refractivity contribution < 1.29 is 19.4 Å². The van der Waals surface area contributed by atoms with Crippen molar-refractivity contribution in [1.82, 2.24) is 0 Å². The van der Waals surface area contributed by atoms with E-state index >= 15 is 0 Å². The van der Waals surface area contributed by atoms with Gasteiger partial charge in [0.05, 0.1) is 18.1 Å². The Bertz CT molecular complexity index is 1300. The fourth-order valence-electron chi connectivity index (χ4n) is 11.6. The SMILES string of the molecule is CC1(C)C2CC[C@]3(C)C(C(=O)C=C4[C@@H]5C[C@@](C)(C(=O)OCCCc6ccccc6)CC[C@]5(C)CC[C@]43C)[C@@]2(C)CC[C@H]1O. The topological polar surface area (TPSA) is 63.6 Å². The molecule has 0 amide bonds. The van der Waals surface area contributed by atoms with Crippen LogP contribution in [0.3, 0.4) is 0 Å². The normalized spacial score (nSPS) is 45.1. The summed E-state index contributed by atoms with van der Waals surface area (Å²) in [5.74, 6) is 0.798. The summed E-state index contributed by atoms with van der Waals surface area (Å²) in [7, 11) is 0. The summed E-state index contributed by atoms with van der Waals surface area (Å²) < 4.78 is 5.96. The number of hydrogen-bond acceptors (Lipinski definition) is 4. The average Bonchev–Trinajstić information content (AvgIpc) is 2.96. The second-order valence-corrected chi connectivity index (χ2v) is 17.4. The highest BCUT2D eigenvalue weighted by Gasteiger charge is 2.70. The van der Waals surface area contributed by atoms with Crippen LogP contribution in [-0.4, -0.2) is 29.6 Å². The van der Waals surface area contributed by atoms with Gasteiger partial charge in [-0.1, -0.05) is 77.4 Å². The lowest BCUT2D eigenvalue weighted by molar-refractivity contribution is -0.202. The molecule has 0 saturated heterocycles. The molecule has 4 heteroatoms. The first-order chi connectivity index (χ1) is 20.1. The number of rotatable bonds is 5. The van der Waals surface area contributed by atoms with Gasteiger partial charge < -0.3 is 9.84 Å². The third-order valence-corrected chi connectivity index (χ3v) is 14.7. The smallest absolute Gasteiger partial charge is 0.311 e. The van der Waals surface area contributed by atoms with Gasteiger partial charge in [0.25, 0.3) is 0 Å². The number of aryl methyl sites for hydroxylation is 1. The van der Waals surface area contributed by atoms with E-state index in [2.05, 4.69) is 78.8 Å². The highest BCUT2D eigenvalue weighted by Crippen LogP contribution is 2.75. The highest BCUT2D eigenvalue weighted by atomic mass is 16.5. The minimum Gasteiger partial charge on any atom is -0.465 e. The number of esters is 1. The van der Waals surface area contributed by atoms with Crippen molar-refractivity contribution in [2.45, 2.75) is 125 Å². The number of aliphatic hydroxyl groups is 1. The number of ketones is 1. The molecule has 9 atom stereocenters. The fraction of sp³-hybridized carbons (Fsp3) is 0.744. The minimum absolute atomic E-state index is 0.0202. The molecule has 236 valence electrons. The van der Waals surface area contributed by atoms with E-state index in [9.17, 15) is 14.7 Å². The molecule has 1 N–H and O–H groups in total. The number of hydrogen-bond donors (Lipinski definition) is 1. The van der Waals surface area contributed by atoms with Crippen LogP contribution in [-0.2, 0) is 20.7 Å². The van der Waals surface area contributed by atoms with Crippen LogP contribution < -0.4 is 0 Å². The lowest BCUT2D eigenvalue weighted by Gasteiger charge is -2.70. The zero-order valence-corrected chi connectivity index (χ0v) is 27.9. The molecule has 5 aliphatic carbocycles. The second kappa shape index (κ2) is 10.3. The summed E-state index contributed by atoms with van der Waals surface area (Å²) in [5, 5.41) is 11.0. The summed E-state index contributed by atoms with van der Waals surface area (Å²) in [4.78, 5) is 28.2. The summed E-state index contributed by atoms with van der Waals surface area (Å²) in [6, 6.07) is 10.4. The van der Waals surface area contributed by atoms with Crippen LogP contribution in [0.4, 0.5) is 0 Å². The molecule has 0 spiro atoms. The predicted molar refractivity (Wildman–Crippen MR) is 171 cm³/mol. The first-order valence-electron chi connectivity index (χ1n) is 17.3. The molecule has 43 heavy (non-hydrogen) atoms. The molecule has 6 rings (SSSR count). The van der Waals surface area contributed by atoms with Gasteiger partial charge in [0.2, 0.25) is 0 Å². The van der Waals surface area contributed by atoms with Gasteiger partial charge in [0, 0.05) is 5.92 Å². The molecule has 5 aliphatic rings. The quantitative estimate of drug-likeness (QED) is 0.277. The first kappa shape index (κ1) is 31.1. The Hall–Kier alpha value is -1.94. The van der Waals surface area contributed by atoms with E-state index in [-0.39, 0.29) is 51.0 Å². The van der Waals surface area contributed by atoms with E-state index in [4.69, 9.17) is 4.74 Å². The number of benzene rings is 1. The van der Waals surface area contributed by atoms with Gasteiger partial charge in [0.15, 0.2) is 5.78 Å². The summed E-state index contributed by atoms with van der Waals surface area (Å²) in [6.07, 6.45) is 12.2. The fourth-order valence-corrected chi connectivity index (χ4v) is 11.6. The summed E-state index contributed by atoms with van der Waals surface area (Å²) in [5.41, 5.74) is 1.72. The zero-order chi connectivity index (χ0) is 31.1. The van der Waals surface area contributed by atoms with Crippen LogP contribution in [0.15, 0.2) is 42.0 Å². The largest absolute Gasteiger partial charge is 0.465 e. The number of aliphatic hydroxyl groups excluding tert-OH is 1. The Kier molecular flexibility index (Phi) is 7.43. The molecule has 1 aromatic carbocycles. The number of allylic oxidation sites excluding steroid dienone is 2. The first-order valence-corrected chi connectivity index (χ1v) is 17.3. The Morgan fingerprint density at radius 2 is 1.60 bits per heavy atom. The summed E-state index contributed by atoms with van der Waals surface area (Å²) in [6.45, 7) is 16.7. The van der Waals surface area contributed by atoms with Crippen molar-refractivity contribution in [1.29, 1.82) is 0 Å². The van der Waals surface area contributed by atoms with E-state index < -0.39 is 5.41 Å². The van der Waals surface area contributed by atoms with E-state index in [0.717, 1.165) is 70.6 Å². The second-order valence-electron chi connectivity index (χ2n) is 17.4. The summed E-state index contributed by atoms with van der Waals surface area (Å²) >= 11 is 0. The molecular weight excluding hydrogens is 532 g/mol. The lowest BCUT2D eigenvalue weighted by atomic mass is 9.33. The molecule has 0 aliphatic heterocycles. The molecule has 1 aromatic rings. The molecule has 0 radical (unpaired) electrons. The zero-order valence-electron chi connectivity index (χ0n) is 27.9. The molecule has 2 unspecified atom stereocenters. The number of fused-ring (bicyclic) bond motifs is 7. The Labute approximate surface area is 260 Å². The number of carbonyl (C=O) groups is 2. The average molecular weight is 589 g/mol. The van der Waals surface area contributed by atoms with Crippen LogP contribution in [0.25, 0.3) is 0 Å². The van der Waals surface area contributed by atoms with Crippen molar-refractivity contribution in [2.75, 3.05) is 6.61 Å². The minimum atomic E-state index is -0.524. The van der Waals surface area contributed by atoms with Crippen molar-refractivity contribution in [3.63, 3.8) is 0 Å². The van der Waals surface area contributed by atoms with Crippen LogP contribution >= 0.6 is 0 Å². The third-order valence-electron chi connectivity index (χ3n) is 14.7. The maximum atomic E-state index is 14.5. The molecule has 0 heterocycles. The maximum Gasteiger partial charge on any atom is 0.311 e. The molecule has 0 aromatic heterocycles. The van der Waals surface area contributed by atoms with Crippen molar-refractivity contribution >= 4 is 11.8 Å². The Morgan fingerprint density at radius 3 is 2.33 bits per heavy atom. The van der Waals surface area contributed by atoms with Crippen molar-refractivity contribution in [3.05, 3.63) is 47.5 Å². The predicted octanol–water partition coefficient (Wildman–Crippen LogP) is 8.50. The van der Waals surface area contributed by atoms with Gasteiger partial charge in [-0.15, -0.1) is 0 Å². The van der Waals surface area contributed by atoms with Gasteiger partial charge >= 0.3 is 5.97 Å². The van der Waals surface area contributed by atoms with E-state index in [1.807, 2.05) is 6.07 Å². The maximum absolute atomic E-state index is 14.5. The highest BCUT2D eigenvalue weighted by molar-refractivity contribution is 5.95. The molecular formula is C39H56O4. The number of ether oxygens (including phenoxy) is 1. The Morgan fingerprint density at radius 1 is 0.907 bits per heavy atom. The van der Waals surface area contributed by atoms with Crippen LogP contribution in [0.1, 0.15) is 118 Å². The van der Waals surface area contributed by atoms with E-state index in [1.165, 1.54) is 11.1 Å². The molecule has 0 bridgehead atoms. The van der Waals surface area contributed by atoms with Crippen molar-refractivity contribution in [2.24, 2.45) is 50.2 Å². The molecule has 4 nitrogen and oxygen atoms in total. The van der Waals surface area contributed by atoms with Gasteiger partial charge in [-0.05, 0) is 128 Å². The monoisotopic (exact) mass is 588 g/mol. The lowest BCUT2D eigenvalue weighted by Crippen LogP contribution is -2.66. The number of carbonyl (C=O) groups excluding carboxylic acids is 2. The molecule has 4 fully saturated rings. The van der Waals surface area contributed by atoms with Crippen LogP contribution in [0.5, 0.6) is 0 Å². The molecule has 4 saturated carbocycles. The van der Waals surface area contributed by atoms with Gasteiger partial charge in [-0.2, -0.15) is 0 Å². The third kappa shape index (κ3) is 4.54. The van der Waals surface area contributed by atoms with Crippen LogP contribution in [0, 0.1) is 50.2 Å². The Balaban J connectivity index is 1.26. The van der Waals surface area contributed by atoms with Crippen molar-refractivity contribution in [3.8, 4) is 0 Å². The standard InChI is InChI=1S/C39H56O4/c1-34(2)30-15-18-39(7)32(37(30,5)17-16-31(34)41)29(40)24-27-28-25-36(4,20-19-35(28,3)21-22-38(27,39)6)33(42)43-23-11-14-26-12-9-8-10-13-26/h8-10,12-13,24,28,30-32,41H,11,14-23,25H2,1-7H3/t28-,30?,31+,32?,35+,36-,37-,38+,39+/m0/s1. The van der Waals surface area contributed by atoms with Gasteiger partial charge in [0.1, 0.15) is 0 Å². The van der Waals surface area contributed by atoms with E-state index in [1.54, 1.807) is 0 Å². The van der Waals surface area contributed by atoms with Crippen LogP contribution in [0.2, 0.25) is 0 Å². The van der Waals surface area contributed by atoms with Gasteiger partial charge in [-0.3, -0.25) is 9.59 Å². The van der Waals surface area contributed by atoms with E-state index in [0.29, 0.717) is 18.3 Å². The van der Waals surface area contributed by atoms with Gasteiger partial charge in [-0.25, -0.2) is 0 Å².